The average Bonchev–Trinajstić information content (AvgIpc) is 2.50. The lowest BCUT2D eigenvalue weighted by atomic mass is 10.1. The molecule has 4 nitrogen and oxygen atoms in total. The van der Waals surface area contributed by atoms with Crippen LogP contribution in [0.1, 0.15) is 27.9 Å². The van der Waals surface area contributed by atoms with E-state index in [0.717, 1.165) is 11.1 Å². The second-order valence-corrected chi connectivity index (χ2v) is 5.79. The highest BCUT2D eigenvalue weighted by atomic mass is 35.5. The third kappa shape index (κ3) is 3.76. The van der Waals surface area contributed by atoms with Gasteiger partial charge in [0.1, 0.15) is 0 Å². The van der Waals surface area contributed by atoms with E-state index in [1.807, 2.05) is 36.9 Å². The van der Waals surface area contributed by atoms with Crippen LogP contribution in [0.4, 0.5) is 0 Å². The van der Waals surface area contributed by atoms with Gasteiger partial charge in [0.25, 0.3) is 5.91 Å². The Morgan fingerprint density at radius 3 is 2.24 bits per heavy atom. The summed E-state index contributed by atoms with van der Waals surface area (Å²) in [6, 6.07) is 5.78. The Balaban J connectivity index is 1.97. The number of nitrogens with zero attached hydrogens (tertiary/aromatic N) is 2. The molecule has 21 heavy (non-hydrogen) atoms. The van der Waals surface area contributed by atoms with Crippen LogP contribution in [0.15, 0.2) is 18.2 Å². The second kappa shape index (κ2) is 6.94. The number of piperazine rings is 1. The largest absolute Gasteiger partial charge is 0.339 e. The molecule has 114 valence electrons. The van der Waals surface area contributed by atoms with Crippen LogP contribution in [0.2, 0.25) is 0 Å². The van der Waals surface area contributed by atoms with E-state index in [1.54, 1.807) is 4.90 Å². The van der Waals surface area contributed by atoms with E-state index in [2.05, 4.69) is 0 Å². The molecule has 0 N–H and O–H groups in total. The highest BCUT2D eigenvalue weighted by Crippen LogP contribution is 2.14. The first-order valence-electron chi connectivity index (χ1n) is 7.23. The summed E-state index contributed by atoms with van der Waals surface area (Å²) in [4.78, 5) is 27.8. The summed E-state index contributed by atoms with van der Waals surface area (Å²) in [6.45, 7) is 6.39. The van der Waals surface area contributed by atoms with Crippen molar-refractivity contribution in [2.75, 3.05) is 32.1 Å². The Morgan fingerprint density at radius 1 is 1.05 bits per heavy atom. The van der Waals surface area contributed by atoms with Gasteiger partial charge in [-0.25, -0.2) is 0 Å². The molecular weight excluding hydrogens is 288 g/mol. The average molecular weight is 309 g/mol. The zero-order valence-corrected chi connectivity index (χ0v) is 13.3. The number of benzene rings is 1. The molecule has 1 aromatic carbocycles. The Labute approximate surface area is 130 Å². The molecule has 2 amide bonds. The molecule has 5 heteroatoms. The predicted octanol–water partition coefficient (Wildman–Crippen LogP) is 2.22. The number of aryl methyl sites for hydroxylation is 2. The van der Waals surface area contributed by atoms with Gasteiger partial charge in [0.05, 0.1) is 0 Å². The van der Waals surface area contributed by atoms with Gasteiger partial charge in [-0.05, 0) is 37.1 Å². The number of amides is 2. The zero-order chi connectivity index (χ0) is 15.4. The number of halogens is 1. The first kappa shape index (κ1) is 15.8. The van der Waals surface area contributed by atoms with Crippen LogP contribution < -0.4 is 0 Å². The number of carbonyl (C=O) groups excluding carboxylic acids is 2. The molecular formula is C16H21ClN2O2. The third-order valence-corrected chi connectivity index (χ3v) is 4.17. The second-order valence-electron chi connectivity index (χ2n) is 5.41. The van der Waals surface area contributed by atoms with Crippen molar-refractivity contribution in [3.8, 4) is 0 Å². The molecule has 0 radical (unpaired) electrons. The molecule has 0 aliphatic carbocycles. The van der Waals surface area contributed by atoms with Gasteiger partial charge in [-0.3, -0.25) is 9.59 Å². The summed E-state index contributed by atoms with van der Waals surface area (Å²) in [5, 5.41) is 0. The van der Waals surface area contributed by atoms with Gasteiger partial charge in [0.2, 0.25) is 5.91 Å². The molecule has 1 heterocycles. The first-order chi connectivity index (χ1) is 10.0. The Bertz CT molecular complexity index is 537. The number of hydrogen-bond acceptors (Lipinski definition) is 2. The first-order valence-corrected chi connectivity index (χ1v) is 7.76. The topological polar surface area (TPSA) is 40.6 Å². The smallest absolute Gasteiger partial charge is 0.253 e. The molecule has 0 aromatic heterocycles. The van der Waals surface area contributed by atoms with Crippen molar-refractivity contribution in [1.82, 2.24) is 9.80 Å². The van der Waals surface area contributed by atoms with Crippen LogP contribution >= 0.6 is 11.6 Å². The minimum Gasteiger partial charge on any atom is -0.339 e. The van der Waals surface area contributed by atoms with Crippen LogP contribution in [-0.2, 0) is 4.79 Å². The predicted molar refractivity (Wildman–Crippen MR) is 83.7 cm³/mol. The molecule has 1 aliphatic heterocycles. The van der Waals surface area contributed by atoms with E-state index in [0.29, 0.717) is 38.5 Å². The molecule has 2 rings (SSSR count). The molecule has 1 fully saturated rings. The summed E-state index contributed by atoms with van der Waals surface area (Å²) in [6.07, 6.45) is 0.368. The van der Waals surface area contributed by atoms with Crippen LogP contribution in [0, 0.1) is 13.8 Å². The van der Waals surface area contributed by atoms with Gasteiger partial charge in [-0.2, -0.15) is 0 Å². The maximum atomic E-state index is 12.5. The fourth-order valence-electron chi connectivity index (χ4n) is 2.45. The van der Waals surface area contributed by atoms with E-state index in [1.165, 1.54) is 5.56 Å². The number of rotatable bonds is 3. The maximum Gasteiger partial charge on any atom is 0.253 e. The SMILES string of the molecule is Cc1ccc(C(=O)N2CCN(C(=O)CCCl)CC2)cc1C. The van der Waals surface area contributed by atoms with Crippen molar-refractivity contribution in [1.29, 1.82) is 0 Å². The van der Waals surface area contributed by atoms with E-state index in [4.69, 9.17) is 11.6 Å². The van der Waals surface area contributed by atoms with E-state index < -0.39 is 0 Å². The van der Waals surface area contributed by atoms with Crippen molar-refractivity contribution >= 4 is 23.4 Å². The Hall–Kier alpha value is -1.55. The van der Waals surface area contributed by atoms with Crippen LogP contribution in [0.3, 0.4) is 0 Å². The van der Waals surface area contributed by atoms with Gasteiger partial charge in [-0.1, -0.05) is 6.07 Å². The third-order valence-electron chi connectivity index (χ3n) is 3.98. The molecule has 0 bridgehead atoms. The number of carbonyl (C=O) groups is 2. The minimum absolute atomic E-state index is 0.0440. The fraction of sp³-hybridized carbons (Fsp3) is 0.500. The highest BCUT2D eigenvalue weighted by molar-refractivity contribution is 6.18. The van der Waals surface area contributed by atoms with Gasteiger partial charge >= 0.3 is 0 Å². The number of hydrogen-bond donors (Lipinski definition) is 0. The summed E-state index contributed by atoms with van der Waals surface area (Å²) >= 11 is 5.59. The zero-order valence-electron chi connectivity index (χ0n) is 12.6. The van der Waals surface area contributed by atoms with E-state index in [9.17, 15) is 9.59 Å². The lowest BCUT2D eigenvalue weighted by Gasteiger charge is -2.34. The molecule has 0 atom stereocenters. The molecule has 1 saturated heterocycles. The van der Waals surface area contributed by atoms with Crippen LogP contribution in [0.5, 0.6) is 0 Å². The van der Waals surface area contributed by atoms with Crippen molar-refractivity contribution in [3.05, 3.63) is 34.9 Å². The maximum absolute atomic E-state index is 12.5. The van der Waals surface area contributed by atoms with Crippen LogP contribution in [-0.4, -0.2) is 53.7 Å². The minimum atomic E-state index is 0.0440. The lowest BCUT2D eigenvalue weighted by molar-refractivity contribution is -0.132. The summed E-state index contributed by atoms with van der Waals surface area (Å²) in [7, 11) is 0. The molecule has 1 aliphatic rings. The van der Waals surface area contributed by atoms with Crippen molar-refractivity contribution < 1.29 is 9.59 Å². The molecule has 1 aromatic rings. The van der Waals surface area contributed by atoms with E-state index >= 15 is 0 Å². The standard InChI is InChI=1S/C16H21ClN2O2/c1-12-3-4-14(11-13(12)2)16(21)19-9-7-18(8-10-19)15(20)5-6-17/h3-4,11H,5-10H2,1-2H3. The normalized spacial score (nSPS) is 15.2. The summed E-state index contributed by atoms with van der Waals surface area (Å²) < 4.78 is 0. The Kier molecular flexibility index (Phi) is 5.23. The Morgan fingerprint density at radius 2 is 1.67 bits per heavy atom. The monoisotopic (exact) mass is 308 g/mol. The van der Waals surface area contributed by atoms with Crippen molar-refractivity contribution in [2.45, 2.75) is 20.3 Å². The lowest BCUT2D eigenvalue weighted by Crippen LogP contribution is -2.50. The summed E-state index contributed by atoms with van der Waals surface area (Å²) in [5.74, 6) is 0.464. The van der Waals surface area contributed by atoms with Crippen molar-refractivity contribution in [3.63, 3.8) is 0 Å². The van der Waals surface area contributed by atoms with Gasteiger partial charge in [0, 0.05) is 44.0 Å². The van der Waals surface area contributed by atoms with Gasteiger partial charge in [-0.15, -0.1) is 11.6 Å². The molecule has 0 unspecified atom stereocenters. The molecule has 0 saturated carbocycles. The van der Waals surface area contributed by atoms with Gasteiger partial charge in [0.15, 0.2) is 0 Å². The van der Waals surface area contributed by atoms with E-state index in [-0.39, 0.29) is 11.8 Å². The van der Waals surface area contributed by atoms with Crippen LogP contribution in [0.25, 0.3) is 0 Å². The fourth-order valence-corrected chi connectivity index (χ4v) is 2.62. The number of alkyl halides is 1. The van der Waals surface area contributed by atoms with Crippen molar-refractivity contribution in [2.24, 2.45) is 0 Å². The highest BCUT2D eigenvalue weighted by Gasteiger charge is 2.24. The molecule has 0 spiro atoms. The summed E-state index contributed by atoms with van der Waals surface area (Å²) in [5.41, 5.74) is 3.03. The quantitative estimate of drug-likeness (QED) is 0.803. The van der Waals surface area contributed by atoms with Gasteiger partial charge < -0.3 is 9.80 Å².